The van der Waals surface area contributed by atoms with Gasteiger partial charge in [0, 0.05) is 0 Å². The van der Waals surface area contributed by atoms with E-state index < -0.39 is 6.89 Å². The van der Waals surface area contributed by atoms with Gasteiger partial charge < -0.3 is 0 Å². The van der Waals surface area contributed by atoms with Gasteiger partial charge in [-0.15, -0.1) is 5.45 Å². The van der Waals surface area contributed by atoms with Crippen molar-refractivity contribution in [3.63, 3.8) is 0 Å². The van der Waals surface area contributed by atoms with E-state index in [9.17, 15) is 0 Å². The van der Waals surface area contributed by atoms with Gasteiger partial charge in [0.1, 0.15) is 0 Å². The summed E-state index contributed by atoms with van der Waals surface area (Å²) in [6, 6.07) is 10.7. The fourth-order valence-corrected chi connectivity index (χ4v) is 4.81. The lowest BCUT2D eigenvalue weighted by Gasteiger charge is -2.11. The van der Waals surface area contributed by atoms with Crippen LogP contribution in [-0.4, -0.2) is 12.1 Å². The number of allylic oxidation sites excluding steroid dienone is 2. The normalized spacial score (nSPS) is 25.4. The van der Waals surface area contributed by atoms with Crippen LogP contribution in [0.25, 0.3) is 0 Å². The van der Waals surface area contributed by atoms with Crippen molar-refractivity contribution in [1.82, 2.24) is 0 Å². The van der Waals surface area contributed by atoms with Crippen molar-refractivity contribution in [2.24, 2.45) is 0 Å². The number of benzene rings is 1. The van der Waals surface area contributed by atoms with Crippen LogP contribution in [0.2, 0.25) is 0 Å². The molecule has 0 nitrogen and oxygen atoms in total. The molecule has 1 unspecified atom stereocenters. The van der Waals surface area contributed by atoms with Crippen molar-refractivity contribution >= 4 is 17.6 Å². The molecule has 1 aromatic carbocycles. The lowest BCUT2D eigenvalue weighted by atomic mass is 10.2. The van der Waals surface area contributed by atoms with Gasteiger partial charge >= 0.3 is 0 Å². The molecule has 1 heterocycles. The van der Waals surface area contributed by atoms with Crippen LogP contribution >= 0.6 is 6.89 Å². The molecule has 2 rings (SSSR count). The molecule has 0 N–H and O–H groups in total. The summed E-state index contributed by atoms with van der Waals surface area (Å²) in [6.07, 6.45) is 0. The van der Waals surface area contributed by atoms with Crippen LogP contribution in [-0.2, 0) is 0 Å². The second-order valence-corrected chi connectivity index (χ2v) is 7.11. The molecule has 0 saturated carbocycles. The Balaban J connectivity index is 2.63. The molecule has 1 atom stereocenters. The molecule has 0 bridgehead atoms. The first-order valence-electron chi connectivity index (χ1n) is 4.85. The summed E-state index contributed by atoms with van der Waals surface area (Å²) in [5, 5.41) is 1.43. The fourth-order valence-electron chi connectivity index (χ4n) is 1.83. The minimum Gasteiger partial charge on any atom is -0.115 e. The Morgan fingerprint density at radius 1 is 1.07 bits per heavy atom. The van der Waals surface area contributed by atoms with Crippen molar-refractivity contribution in [1.29, 1.82) is 0 Å². The van der Waals surface area contributed by atoms with E-state index in [4.69, 9.17) is 0 Å². The molecule has 0 spiro atoms. The monoisotopic (exact) mass is 202 g/mol. The van der Waals surface area contributed by atoms with Crippen molar-refractivity contribution in [2.45, 2.75) is 13.8 Å². The summed E-state index contributed by atoms with van der Waals surface area (Å²) in [4.78, 5) is 0. The van der Waals surface area contributed by atoms with Crippen LogP contribution in [0.4, 0.5) is 0 Å². The van der Waals surface area contributed by atoms with Crippen LogP contribution in [0.1, 0.15) is 13.8 Å². The van der Waals surface area contributed by atoms with Crippen LogP contribution in [0.3, 0.4) is 0 Å². The van der Waals surface area contributed by atoms with E-state index in [1.54, 1.807) is 0 Å². The molecule has 1 heteroatoms. The highest BCUT2D eigenvalue weighted by atomic mass is 31.2. The number of hydrogen-bond acceptors (Lipinski definition) is 0. The van der Waals surface area contributed by atoms with Gasteiger partial charge in [0.05, 0.1) is 0 Å². The highest BCUT2D eigenvalue weighted by Crippen LogP contribution is 2.47. The maximum absolute atomic E-state index is 3.63. The van der Waals surface area contributed by atoms with Crippen LogP contribution in [0.15, 0.2) is 47.3 Å². The van der Waals surface area contributed by atoms with Crippen molar-refractivity contribution in [2.75, 3.05) is 6.66 Å². The average molecular weight is 202 g/mol. The molecular formula is C13H15P. The zero-order valence-corrected chi connectivity index (χ0v) is 9.81. The van der Waals surface area contributed by atoms with Gasteiger partial charge in [0.2, 0.25) is 0 Å². The van der Waals surface area contributed by atoms with Gasteiger partial charge in [0.15, 0.2) is 0 Å². The molecule has 1 aliphatic heterocycles. The Kier molecular flexibility index (Phi) is 2.27. The van der Waals surface area contributed by atoms with Crippen molar-refractivity contribution in [3.05, 3.63) is 47.3 Å². The van der Waals surface area contributed by atoms with Gasteiger partial charge in [-0.1, -0.05) is 30.3 Å². The summed E-state index contributed by atoms with van der Waals surface area (Å²) < 4.78 is 0. The first-order chi connectivity index (χ1) is 6.62. The fraction of sp³-hybridized carbons (Fsp3) is 0.231. The third kappa shape index (κ3) is 1.52. The van der Waals surface area contributed by atoms with Gasteiger partial charge in [-0.25, -0.2) is 0 Å². The Morgan fingerprint density at radius 2 is 1.71 bits per heavy atom. The Labute approximate surface area is 85.9 Å². The van der Waals surface area contributed by atoms with E-state index in [0.717, 1.165) is 0 Å². The molecular weight excluding hydrogens is 187 g/mol. The minimum atomic E-state index is -1.23. The van der Waals surface area contributed by atoms with Gasteiger partial charge in [0.25, 0.3) is 0 Å². The lowest BCUT2D eigenvalue weighted by Crippen LogP contribution is -2.00. The second kappa shape index (κ2) is 3.31. The SMILES string of the molecule is CC1=C=P(C)(c2ccccc2)C=C1C. The summed E-state index contributed by atoms with van der Waals surface area (Å²) in [5.74, 6) is 2.40. The molecule has 0 aromatic heterocycles. The number of rotatable bonds is 1. The van der Waals surface area contributed by atoms with Crippen LogP contribution in [0, 0.1) is 0 Å². The predicted octanol–water partition coefficient (Wildman–Crippen LogP) is 3.22. The Hall–Kier alpha value is -0.960. The topological polar surface area (TPSA) is 0 Å². The Bertz CT molecular complexity index is 471. The van der Waals surface area contributed by atoms with Crippen LogP contribution in [0.5, 0.6) is 0 Å². The van der Waals surface area contributed by atoms with E-state index in [1.807, 2.05) is 0 Å². The van der Waals surface area contributed by atoms with Crippen molar-refractivity contribution < 1.29 is 0 Å². The maximum atomic E-state index is 3.63. The van der Waals surface area contributed by atoms with E-state index in [1.165, 1.54) is 16.5 Å². The van der Waals surface area contributed by atoms with E-state index in [2.05, 4.69) is 62.1 Å². The van der Waals surface area contributed by atoms with E-state index in [-0.39, 0.29) is 0 Å². The first-order valence-corrected chi connectivity index (χ1v) is 7.16. The van der Waals surface area contributed by atoms with Gasteiger partial charge in [-0.05, 0) is 49.7 Å². The van der Waals surface area contributed by atoms with E-state index >= 15 is 0 Å². The standard InChI is InChI=1S/C13H15P/c1-11-9-14(3,10-12(11)2)13-7-5-4-6-8-13/h4-9H,1-3H3. The number of hydrogen-bond donors (Lipinski definition) is 0. The van der Waals surface area contributed by atoms with Crippen LogP contribution < -0.4 is 5.30 Å². The summed E-state index contributed by atoms with van der Waals surface area (Å²) >= 11 is 0. The Morgan fingerprint density at radius 3 is 2.21 bits per heavy atom. The molecule has 0 fully saturated rings. The molecule has 14 heavy (non-hydrogen) atoms. The van der Waals surface area contributed by atoms with Gasteiger partial charge in [-0.2, -0.15) is 0 Å². The molecule has 0 saturated heterocycles. The third-order valence-corrected chi connectivity index (χ3v) is 5.81. The highest BCUT2D eigenvalue weighted by molar-refractivity contribution is 7.83. The zero-order valence-electron chi connectivity index (χ0n) is 8.91. The average Bonchev–Trinajstić information content (AvgIpc) is 2.44. The van der Waals surface area contributed by atoms with E-state index in [0.29, 0.717) is 0 Å². The second-order valence-electron chi connectivity index (χ2n) is 3.96. The smallest absolute Gasteiger partial charge is 0.00598 e. The molecule has 1 aliphatic rings. The molecule has 0 amide bonds. The molecule has 1 aromatic rings. The first kappa shape index (κ1) is 9.59. The summed E-state index contributed by atoms with van der Waals surface area (Å²) in [6.45, 7) is 5.42. The predicted molar refractivity (Wildman–Crippen MR) is 66.9 cm³/mol. The zero-order chi connectivity index (χ0) is 10.2. The quantitative estimate of drug-likeness (QED) is 0.613. The lowest BCUT2D eigenvalue weighted by molar-refractivity contribution is 1.41. The minimum absolute atomic E-state index is 1.23. The molecule has 0 radical (unpaired) electrons. The largest absolute Gasteiger partial charge is 0.115 e. The molecule has 72 valence electrons. The summed E-state index contributed by atoms with van der Waals surface area (Å²) in [5.41, 5.74) is 6.35. The van der Waals surface area contributed by atoms with Crippen molar-refractivity contribution in [3.8, 4) is 0 Å². The maximum Gasteiger partial charge on any atom is -0.00598 e. The highest BCUT2D eigenvalue weighted by Gasteiger charge is 2.15. The van der Waals surface area contributed by atoms with Gasteiger partial charge in [-0.3, -0.25) is 0 Å². The third-order valence-electron chi connectivity index (χ3n) is 2.74. The molecule has 0 aliphatic carbocycles. The summed E-state index contributed by atoms with van der Waals surface area (Å²) in [7, 11) is 0.